The lowest BCUT2D eigenvalue weighted by Crippen LogP contribution is -2.49. The molecule has 6 nitrogen and oxygen atoms in total. The molecule has 0 unspecified atom stereocenters. The molecule has 1 amide bonds. The number of nitrogens with one attached hydrogen (secondary N) is 1. The van der Waals surface area contributed by atoms with Gasteiger partial charge in [-0.3, -0.25) is 4.79 Å². The van der Waals surface area contributed by atoms with Crippen LogP contribution in [0.1, 0.15) is 25.8 Å². The van der Waals surface area contributed by atoms with Gasteiger partial charge < -0.3 is 24.7 Å². The van der Waals surface area contributed by atoms with Crippen LogP contribution in [0.25, 0.3) is 0 Å². The SMILES string of the molecule is Cc1ccc(Oc2ccc(OCC(=O)N[C@@H](CC(C)C)C(=O)[O-])cc2)cc1. The number of carbonyl (C=O) groups is 2. The minimum absolute atomic E-state index is 0.121. The number of carboxylic acids is 1. The third kappa shape index (κ3) is 7.01. The Kier molecular flexibility index (Phi) is 7.23. The molecule has 0 radical (unpaired) electrons. The highest BCUT2D eigenvalue weighted by atomic mass is 16.5. The number of carboxylic acid groups (broad SMARTS) is 1. The first-order valence-electron chi connectivity index (χ1n) is 8.81. The molecule has 0 spiro atoms. The lowest BCUT2D eigenvalue weighted by atomic mass is 10.0. The zero-order valence-electron chi connectivity index (χ0n) is 15.7. The number of carbonyl (C=O) groups excluding carboxylic acids is 2. The van der Waals surface area contributed by atoms with Crippen molar-refractivity contribution in [3.63, 3.8) is 0 Å². The van der Waals surface area contributed by atoms with E-state index in [1.54, 1.807) is 24.3 Å². The molecule has 1 atom stereocenters. The zero-order valence-corrected chi connectivity index (χ0v) is 15.7. The molecule has 144 valence electrons. The molecule has 0 fully saturated rings. The summed E-state index contributed by atoms with van der Waals surface area (Å²) in [5.74, 6) is 0.168. The van der Waals surface area contributed by atoms with Crippen LogP contribution in [0.2, 0.25) is 0 Å². The standard InChI is InChI=1S/C21H25NO5/c1-14(2)12-19(21(24)25)22-20(23)13-26-16-8-10-18(11-9-16)27-17-6-4-15(3)5-7-17/h4-11,14,19H,12-13H2,1-3H3,(H,22,23)(H,24,25)/p-1/t19-/m0/s1. The van der Waals surface area contributed by atoms with Crippen molar-refractivity contribution in [2.24, 2.45) is 5.92 Å². The highest BCUT2D eigenvalue weighted by molar-refractivity contribution is 5.83. The molecule has 0 aliphatic heterocycles. The zero-order chi connectivity index (χ0) is 19.8. The predicted octanol–water partition coefficient (Wildman–Crippen LogP) is 2.45. The van der Waals surface area contributed by atoms with Gasteiger partial charge in [0.1, 0.15) is 17.2 Å². The molecule has 6 heteroatoms. The molecule has 2 aromatic carbocycles. The summed E-state index contributed by atoms with van der Waals surface area (Å²) < 4.78 is 11.1. The second kappa shape index (κ2) is 9.62. The van der Waals surface area contributed by atoms with E-state index in [1.807, 2.05) is 45.0 Å². The van der Waals surface area contributed by atoms with Gasteiger partial charge in [0.15, 0.2) is 6.61 Å². The molecule has 0 saturated carbocycles. The number of rotatable bonds is 9. The van der Waals surface area contributed by atoms with Crippen molar-refractivity contribution in [1.29, 1.82) is 0 Å². The Labute approximate surface area is 159 Å². The van der Waals surface area contributed by atoms with E-state index in [0.717, 1.165) is 11.3 Å². The fourth-order valence-corrected chi connectivity index (χ4v) is 2.42. The summed E-state index contributed by atoms with van der Waals surface area (Å²) in [6.45, 7) is 5.47. The number of aryl methyl sites for hydroxylation is 1. The monoisotopic (exact) mass is 370 g/mol. The maximum absolute atomic E-state index is 11.9. The van der Waals surface area contributed by atoms with Gasteiger partial charge in [0.05, 0.1) is 12.0 Å². The Morgan fingerprint density at radius 3 is 2.00 bits per heavy atom. The van der Waals surface area contributed by atoms with Crippen molar-refractivity contribution in [2.75, 3.05) is 6.61 Å². The Balaban J connectivity index is 1.84. The van der Waals surface area contributed by atoms with Gasteiger partial charge in [0.25, 0.3) is 5.91 Å². The average molecular weight is 370 g/mol. The number of hydrogen-bond donors (Lipinski definition) is 1. The van der Waals surface area contributed by atoms with E-state index in [4.69, 9.17) is 9.47 Å². The molecule has 2 aromatic rings. The Hall–Kier alpha value is -3.02. The minimum Gasteiger partial charge on any atom is -0.548 e. The summed E-state index contributed by atoms with van der Waals surface area (Å²) in [5, 5.41) is 13.5. The molecule has 27 heavy (non-hydrogen) atoms. The van der Waals surface area contributed by atoms with Gasteiger partial charge >= 0.3 is 0 Å². The summed E-state index contributed by atoms with van der Waals surface area (Å²) in [6, 6.07) is 13.5. The summed E-state index contributed by atoms with van der Waals surface area (Å²) in [4.78, 5) is 23.0. The van der Waals surface area contributed by atoms with Gasteiger partial charge in [-0.25, -0.2) is 0 Å². The number of ether oxygens (including phenoxy) is 2. The molecule has 0 aromatic heterocycles. The highest BCUT2D eigenvalue weighted by Crippen LogP contribution is 2.24. The summed E-state index contributed by atoms with van der Waals surface area (Å²) in [6.07, 6.45) is 0.305. The molecule has 0 aliphatic carbocycles. The molecule has 0 saturated heterocycles. The van der Waals surface area contributed by atoms with Crippen LogP contribution in [0.3, 0.4) is 0 Å². The van der Waals surface area contributed by atoms with E-state index in [2.05, 4.69) is 5.32 Å². The molecular weight excluding hydrogens is 346 g/mol. The van der Waals surface area contributed by atoms with E-state index in [1.165, 1.54) is 0 Å². The Bertz CT molecular complexity index is 753. The summed E-state index contributed by atoms with van der Waals surface area (Å²) in [5.41, 5.74) is 1.15. The van der Waals surface area contributed by atoms with Gasteiger partial charge in [-0.05, 0) is 55.7 Å². The van der Waals surface area contributed by atoms with Gasteiger partial charge in [-0.2, -0.15) is 0 Å². The number of amides is 1. The fraction of sp³-hybridized carbons (Fsp3) is 0.333. The minimum atomic E-state index is -1.30. The van der Waals surface area contributed by atoms with E-state index >= 15 is 0 Å². The van der Waals surface area contributed by atoms with Gasteiger partial charge in [-0.15, -0.1) is 0 Å². The third-order valence-corrected chi connectivity index (χ3v) is 3.78. The summed E-state index contributed by atoms with van der Waals surface area (Å²) >= 11 is 0. The molecule has 0 aliphatic rings. The van der Waals surface area contributed by atoms with Crippen molar-refractivity contribution in [1.82, 2.24) is 5.32 Å². The third-order valence-electron chi connectivity index (χ3n) is 3.78. The van der Waals surface area contributed by atoms with Crippen molar-refractivity contribution >= 4 is 11.9 Å². The lowest BCUT2D eigenvalue weighted by molar-refractivity contribution is -0.308. The Morgan fingerprint density at radius 1 is 0.963 bits per heavy atom. The van der Waals surface area contributed by atoms with Crippen LogP contribution >= 0.6 is 0 Å². The van der Waals surface area contributed by atoms with E-state index in [-0.39, 0.29) is 12.5 Å². The average Bonchev–Trinajstić information content (AvgIpc) is 2.62. The van der Waals surface area contributed by atoms with Crippen molar-refractivity contribution in [3.05, 3.63) is 54.1 Å². The van der Waals surface area contributed by atoms with Gasteiger partial charge in [0, 0.05) is 0 Å². The first-order chi connectivity index (χ1) is 12.8. The quantitative estimate of drug-likeness (QED) is 0.732. The largest absolute Gasteiger partial charge is 0.548 e. The number of hydrogen-bond acceptors (Lipinski definition) is 5. The summed E-state index contributed by atoms with van der Waals surface area (Å²) in [7, 11) is 0. The van der Waals surface area contributed by atoms with Crippen LogP contribution < -0.4 is 19.9 Å². The van der Waals surface area contributed by atoms with Crippen LogP contribution in [0.15, 0.2) is 48.5 Å². The second-order valence-electron chi connectivity index (χ2n) is 6.74. The Morgan fingerprint density at radius 2 is 1.48 bits per heavy atom. The molecule has 1 N–H and O–H groups in total. The molecule has 0 heterocycles. The van der Waals surface area contributed by atoms with Gasteiger partial charge in [-0.1, -0.05) is 31.5 Å². The normalized spacial score (nSPS) is 11.7. The van der Waals surface area contributed by atoms with Crippen molar-refractivity contribution in [3.8, 4) is 17.2 Å². The fourth-order valence-electron chi connectivity index (χ4n) is 2.42. The van der Waals surface area contributed by atoms with Crippen LogP contribution in [0.4, 0.5) is 0 Å². The smallest absolute Gasteiger partial charge is 0.258 e. The maximum atomic E-state index is 11.9. The van der Waals surface area contributed by atoms with E-state index in [0.29, 0.717) is 17.9 Å². The van der Waals surface area contributed by atoms with Gasteiger partial charge in [0.2, 0.25) is 0 Å². The van der Waals surface area contributed by atoms with Crippen molar-refractivity contribution in [2.45, 2.75) is 33.2 Å². The van der Waals surface area contributed by atoms with E-state index < -0.39 is 17.9 Å². The topological polar surface area (TPSA) is 87.7 Å². The van der Waals surface area contributed by atoms with E-state index in [9.17, 15) is 14.7 Å². The van der Waals surface area contributed by atoms with Crippen LogP contribution in [0, 0.1) is 12.8 Å². The predicted molar refractivity (Wildman–Crippen MR) is 99.6 cm³/mol. The number of benzene rings is 2. The molecule has 2 rings (SSSR count). The maximum Gasteiger partial charge on any atom is 0.258 e. The number of aliphatic carboxylic acids is 1. The van der Waals surface area contributed by atoms with Crippen LogP contribution in [0.5, 0.6) is 17.2 Å². The molecular formula is C21H24NO5-. The highest BCUT2D eigenvalue weighted by Gasteiger charge is 2.15. The van der Waals surface area contributed by atoms with Crippen LogP contribution in [-0.2, 0) is 9.59 Å². The first-order valence-corrected chi connectivity index (χ1v) is 8.81. The second-order valence-corrected chi connectivity index (χ2v) is 6.74. The molecule has 0 bridgehead atoms. The first kappa shape index (κ1) is 20.3. The van der Waals surface area contributed by atoms with Crippen LogP contribution in [-0.4, -0.2) is 24.5 Å². The lowest BCUT2D eigenvalue weighted by Gasteiger charge is -2.21. The van der Waals surface area contributed by atoms with Crippen molar-refractivity contribution < 1.29 is 24.2 Å².